The normalized spacial score (nSPS) is 22.0. The van der Waals surface area contributed by atoms with E-state index in [1.54, 1.807) is 12.1 Å². The number of hydrogen-bond acceptors (Lipinski definition) is 8. The molecule has 4 heterocycles. The van der Waals surface area contributed by atoms with Gasteiger partial charge in [-0.15, -0.1) is 0 Å². The van der Waals surface area contributed by atoms with Gasteiger partial charge in [-0.2, -0.15) is 4.57 Å². The van der Waals surface area contributed by atoms with Crippen LogP contribution in [0.25, 0.3) is 22.0 Å². The van der Waals surface area contributed by atoms with E-state index in [0.29, 0.717) is 16.6 Å². The van der Waals surface area contributed by atoms with Gasteiger partial charge < -0.3 is 13.7 Å². The molecular formula is C25H22ClN3O6S4. The third kappa shape index (κ3) is 4.84. The molecule has 9 nitrogen and oxygen atoms in total. The van der Waals surface area contributed by atoms with Crippen molar-refractivity contribution in [1.82, 2.24) is 9.05 Å². The standard InChI is InChI=1S/C25H22ClN3O6S4/c26-17-4-6-21-19(14-17)28(11-3-13-38(30,31)32)23(36-21)16-24-29(12-8-25(29)39(33,34)35)20-15-18(5-7-22(20)37-24)27-9-1-2-10-27/h1-2,4-7,9-10,14-16,25H,3,8,11-13H2. The minimum atomic E-state index is -4.62. The van der Waals surface area contributed by atoms with Gasteiger partial charge in [-0.25, -0.2) is 21.3 Å². The summed E-state index contributed by atoms with van der Waals surface area (Å²) in [7, 11) is -9.01. The third-order valence-corrected chi connectivity index (χ3v) is 11.8. The molecule has 0 aliphatic carbocycles. The minimum absolute atomic E-state index is 0.0785. The Morgan fingerprint density at radius 1 is 1.10 bits per heavy atom. The van der Waals surface area contributed by atoms with Gasteiger partial charge in [0.2, 0.25) is 5.52 Å². The number of thiazole rings is 1. The summed E-state index contributed by atoms with van der Waals surface area (Å²) in [5.41, 5.74) is 2.40. The van der Waals surface area contributed by atoms with Crippen molar-refractivity contribution in [3.8, 4) is 5.69 Å². The lowest BCUT2D eigenvalue weighted by Gasteiger charge is -2.49. The maximum atomic E-state index is 12.5. The fraction of sp³-hybridized carbons (Fsp3) is 0.240. The Bertz CT molecular complexity index is 1850. The zero-order valence-electron chi connectivity index (χ0n) is 20.3. The Hall–Kier alpha value is -2.23. The van der Waals surface area contributed by atoms with E-state index in [1.807, 2.05) is 64.0 Å². The quantitative estimate of drug-likeness (QED) is 0.171. The summed E-state index contributed by atoms with van der Waals surface area (Å²) in [6.45, 7) is 0.706. The molecule has 0 bridgehead atoms. The van der Waals surface area contributed by atoms with Gasteiger partial charge >= 0.3 is 0 Å². The Labute approximate surface area is 239 Å². The summed E-state index contributed by atoms with van der Waals surface area (Å²) >= 11 is 9.14. The number of nitrogens with zero attached hydrogens (tertiary/aromatic N) is 3. The number of rotatable bonds is 7. The highest BCUT2D eigenvalue weighted by molar-refractivity contribution is 8.03. The summed E-state index contributed by atoms with van der Waals surface area (Å²) in [4.78, 5) is 0.874. The number of thioether (sulfide) groups is 1. The molecule has 0 saturated carbocycles. The van der Waals surface area contributed by atoms with Crippen molar-refractivity contribution < 1.29 is 30.5 Å². The van der Waals surface area contributed by atoms with E-state index in [1.165, 1.54) is 23.1 Å². The molecule has 2 aromatic carbocycles. The first-order valence-electron chi connectivity index (χ1n) is 12.0. The summed E-state index contributed by atoms with van der Waals surface area (Å²) in [5, 5.41) is 0.796. The maximum Gasteiger partial charge on any atom is 0.269 e. The molecule has 2 atom stereocenters. The molecule has 2 unspecified atom stereocenters. The van der Waals surface area contributed by atoms with E-state index in [0.717, 1.165) is 31.5 Å². The van der Waals surface area contributed by atoms with Gasteiger partial charge in [-0.1, -0.05) is 22.9 Å². The lowest BCUT2D eigenvalue weighted by Crippen LogP contribution is -2.66. The Morgan fingerprint density at radius 3 is 2.54 bits per heavy atom. The predicted molar refractivity (Wildman–Crippen MR) is 151 cm³/mol. The molecule has 204 valence electrons. The summed E-state index contributed by atoms with van der Waals surface area (Å²) in [6.07, 6.45) is 6.05. The van der Waals surface area contributed by atoms with Crippen molar-refractivity contribution in [2.24, 2.45) is 0 Å². The molecule has 2 aliphatic rings. The molecule has 2 aliphatic heterocycles. The largest absolute Gasteiger partial charge is 0.748 e. The fourth-order valence-corrected chi connectivity index (χ4v) is 9.73. The van der Waals surface area contributed by atoms with Crippen molar-refractivity contribution in [3.05, 3.63) is 76.0 Å². The van der Waals surface area contributed by atoms with Crippen LogP contribution in [-0.2, 0) is 26.8 Å². The number of aryl methyl sites for hydroxylation is 1. The molecule has 1 spiro atoms. The number of benzene rings is 2. The van der Waals surface area contributed by atoms with E-state index in [4.69, 9.17) is 11.6 Å². The van der Waals surface area contributed by atoms with Gasteiger partial charge in [0.05, 0.1) is 39.7 Å². The van der Waals surface area contributed by atoms with Crippen LogP contribution in [0.4, 0.5) is 5.69 Å². The topological polar surface area (TPSA) is 123 Å². The van der Waals surface area contributed by atoms with Gasteiger partial charge in [-0.3, -0.25) is 0 Å². The lowest BCUT2D eigenvalue weighted by molar-refractivity contribution is -0.668. The highest BCUT2D eigenvalue weighted by atomic mass is 35.5. The Kier molecular flexibility index (Phi) is 6.71. The zero-order valence-corrected chi connectivity index (χ0v) is 24.3. The molecule has 6 rings (SSSR count). The second-order valence-corrected chi connectivity index (χ2v) is 15.1. The second-order valence-electron chi connectivity index (χ2n) is 9.47. The average Bonchev–Trinajstić information content (AvgIpc) is 3.53. The van der Waals surface area contributed by atoms with Crippen molar-refractivity contribution in [2.75, 3.05) is 12.3 Å². The first kappa shape index (κ1) is 27.0. The zero-order chi connectivity index (χ0) is 27.6. The van der Waals surface area contributed by atoms with Crippen LogP contribution in [0.2, 0.25) is 5.02 Å². The van der Waals surface area contributed by atoms with Gasteiger partial charge in [0.25, 0.3) is 5.01 Å². The highest BCUT2D eigenvalue weighted by Gasteiger charge is 2.60. The van der Waals surface area contributed by atoms with Crippen molar-refractivity contribution in [2.45, 2.75) is 29.7 Å². The van der Waals surface area contributed by atoms with Crippen molar-refractivity contribution >= 4 is 76.9 Å². The van der Waals surface area contributed by atoms with Crippen LogP contribution in [0.1, 0.15) is 17.8 Å². The first-order chi connectivity index (χ1) is 18.5. The smallest absolute Gasteiger partial charge is 0.269 e. The van der Waals surface area contributed by atoms with E-state index >= 15 is 0 Å². The van der Waals surface area contributed by atoms with Gasteiger partial charge in [0.1, 0.15) is 4.70 Å². The molecule has 0 amide bonds. The van der Waals surface area contributed by atoms with E-state index in [9.17, 15) is 25.9 Å². The van der Waals surface area contributed by atoms with Crippen LogP contribution in [0.3, 0.4) is 0 Å². The van der Waals surface area contributed by atoms with Crippen LogP contribution >= 0.6 is 34.7 Å². The maximum absolute atomic E-state index is 12.5. The van der Waals surface area contributed by atoms with Crippen LogP contribution < -0.4 is 9.05 Å². The summed E-state index contributed by atoms with van der Waals surface area (Å²) < 4.78 is 75.8. The summed E-state index contributed by atoms with van der Waals surface area (Å²) in [5.74, 6) is -0.507. The van der Waals surface area contributed by atoms with Crippen LogP contribution in [0.5, 0.6) is 0 Å². The average molecular weight is 624 g/mol. The predicted octanol–water partition coefficient (Wildman–Crippen LogP) is 4.25. The third-order valence-electron chi connectivity index (χ3n) is 7.15. The second kappa shape index (κ2) is 9.70. The lowest BCUT2D eigenvalue weighted by atomic mass is 10.1. The number of halogens is 1. The number of quaternary nitrogens is 1. The minimum Gasteiger partial charge on any atom is -0.748 e. The summed E-state index contributed by atoms with van der Waals surface area (Å²) in [6, 6.07) is 15.0. The van der Waals surface area contributed by atoms with E-state index in [-0.39, 0.29) is 23.9 Å². The molecule has 0 radical (unpaired) electrons. The van der Waals surface area contributed by atoms with Crippen molar-refractivity contribution in [1.29, 1.82) is 0 Å². The number of fused-ring (bicyclic) bond motifs is 3. The van der Waals surface area contributed by atoms with Gasteiger partial charge in [0.15, 0.2) is 32.8 Å². The molecule has 2 aromatic heterocycles. The molecule has 39 heavy (non-hydrogen) atoms. The van der Waals surface area contributed by atoms with E-state index in [2.05, 4.69) is 0 Å². The SMILES string of the molecule is O=S(=O)([O-])CCC[n+]1c(C=C2Sc3ccc(-n4cccc4)cc3[N+]23CCC3S(=O)(=O)[O-])sc2ccc(Cl)cc21. The Balaban J connectivity index is 1.50. The number of aromatic nitrogens is 2. The Morgan fingerprint density at radius 2 is 1.87 bits per heavy atom. The fourth-order valence-electron chi connectivity index (χ4n) is 5.33. The first-order valence-corrected chi connectivity index (χ1v) is 17.1. The van der Waals surface area contributed by atoms with E-state index < -0.39 is 31.4 Å². The van der Waals surface area contributed by atoms with Gasteiger partial charge in [-0.05, 0) is 48.2 Å². The molecular weight excluding hydrogens is 602 g/mol. The molecule has 1 fully saturated rings. The number of hydrogen-bond donors (Lipinski definition) is 0. The molecule has 0 N–H and O–H groups in total. The van der Waals surface area contributed by atoms with Gasteiger partial charge in [0, 0.05) is 41.7 Å². The van der Waals surface area contributed by atoms with Crippen LogP contribution in [-0.4, -0.2) is 48.2 Å². The van der Waals surface area contributed by atoms with Crippen molar-refractivity contribution in [3.63, 3.8) is 0 Å². The molecule has 1 saturated heterocycles. The monoisotopic (exact) mass is 623 g/mol. The highest BCUT2D eigenvalue weighted by Crippen LogP contribution is 2.58. The molecule has 4 aromatic rings. The van der Waals surface area contributed by atoms with Crippen LogP contribution in [0.15, 0.2) is 70.8 Å². The van der Waals surface area contributed by atoms with Crippen LogP contribution in [0, 0.1) is 0 Å². The molecule has 14 heteroatoms.